The van der Waals surface area contributed by atoms with Gasteiger partial charge in [-0.15, -0.1) is 22.7 Å². The standard InChI is InChI=1S/C12H13BrOS2/c1-6-4-9(15-8(6)3)11(14)10-5-7(2)12(13)16-10/h4-5,11,14H,1-3H3. The molecule has 0 saturated carbocycles. The lowest BCUT2D eigenvalue weighted by molar-refractivity contribution is 0.228. The van der Waals surface area contributed by atoms with E-state index in [4.69, 9.17) is 0 Å². The van der Waals surface area contributed by atoms with Crippen LogP contribution < -0.4 is 0 Å². The van der Waals surface area contributed by atoms with Crippen LogP contribution >= 0.6 is 38.6 Å². The Balaban J connectivity index is 2.34. The first-order valence-electron chi connectivity index (χ1n) is 5.00. The zero-order valence-corrected chi connectivity index (χ0v) is 12.6. The molecule has 16 heavy (non-hydrogen) atoms. The van der Waals surface area contributed by atoms with Gasteiger partial charge in [-0.25, -0.2) is 0 Å². The number of aliphatic hydroxyl groups excluding tert-OH is 1. The van der Waals surface area contributed by atoms with Crippen LogP contribution in [-0.2, 0) is 0 Å². The van der Waals surface area contributed by atoms with E-state index in [0.717, 1.165) is 13.5 Å². The SMILES string of the molecule is Cc1cc(C(O)c2cc(C)c(Br)s2)sc1C. The third-order valence-electron chi connectivity index (χ3n) is 2.60. The smallest absolute Gasteiger partial charge is 0.122 e. The van der Waals surface area contributed by atoms with E-state index in [1.807, 2.05) is 13.0 Å². The number of thiophene rings is 2. The zero-order valence-electron chi connectivity index (χ0n) is 9.37. The van der Waals surface area contributed by atoms with E-state index in [2.05, 4.69) is 35.8 Å². The van der Waals surface area contributed by atoms with Crippen molar-refractivity contribution >= 4 is 38.6 Å². The number of rotatable bonds is 2. The molecule has 0 saturated heterocycles. The van der Waals surface area contributed by atoms with Crippen molar-refractivity contribution in [3.8, 4) is 0 Å². The van der Waals surface area contributed by atoms with Gasteiger partial charge in [0.2, 0.25) is 0 Å². The molecule has 2 aromatic rings. The Labute approximate surface area is 112 Å². The van der Waals surface area contributed by atoms with Gasteiger partial charge in [0.1, 0.15) is 6.10 Å². The highest BCUT2D eigenvalue weighted by Crippen LogP contribution is 2.37. The molecule has 2 rings (SSSR count). The molecule has 0 aliphatic heterocycles. The predicted molar refractivity (Wildman–Crippen MR) is 74.6 cm³/mol. The molecule has 1 unspecified atom stereocenters. The maximum atomic E-state index is 10.3. The van der Waals surface area contributed by atoms with Crippen molar-refractivity contribution in [2.24, 2.45) is 0 Å². The summed E-state index contributed by atoms with van der Waals surface area (Å²) >= 11 is 6.77. The summed E-state index contributed by atoms with van der Waals surface area (Å²) in [6.07, 6.45) is -0.479. The predicted octanol–water partition coefficient (Wildman–Crippen LogP) is 4.58. The Morgan fingerprint density at radius 2 is 1.62 bits per heavy atom. The molecule has 1 atom stereocenters. The Kier molecular flexibility index (Phi) is 3.54. The van der Waals surface area contributed by atoms with Crippen LogP contribution in [0.4, 0.5) is 0 Å². The summed E-state index contributed by atoms with van der Waals surface area (Å²) in [4.78, 5) is 3.32. The van der Waals surface area contributed by atoms with Crippen molar-refractivity contribution in [2.75, 3.05) is 0 Å². The highest BCUT2D eigenvalue weighted by atomic mass is 79.9. The summed E-state index contributed by atoms with van der Waals surface area (Å²) in [6.45, 7) is 6.21. The molecular formula is C12H13BrOS2. The lowest BCUT2D eigenvalue weighted by atomic mass is 10.2. The summed E-state index contributed by atoms with van der Waals surface area (Å²) in [5, 5.41) is 10.3. The zero-order chi connectivity index (χ0) is 11.9. The topological polar surface area (TPSA) is 20.2 Å². The van der Waals surface area contributed by atoms with Gasteiger partial charge in [-0.1, -0.05) is 0 Å². The molecule has 0 bridgehead atoms. The van der Waals surface area contributed by atoms with E-state index >= 15 is 0 Å². The van der Waals surface area contributed by atoms with Gasteiger partial charge in [-0.3, -0.25) is 0 Å². The van der Waals surface area contributed by atoms with Gasteiger partial charge in [0, 0.05) is 14.6 Å². The van der Waals surface area contributed by atoms with Crippen LogP contribution in [0, 0.1) is 20.8 Å². The highest BCUT2D eigenvalue weighted by molar-refractivity contribution is 9.11. The van der Waals surface area contributed by atoms with Crippen molar-refractivity contribution in [1.29, 1.82) is 0 Å². The average Bonchev–Trinajstić information content (AvgIpc) is 2.72. The molecule has 0 aromatic carbocycles. The molecule has 0 amide bonds. The minimum atomic E-state index is -0.479. The number of hydrogen-bond donors (Lipinski definition) is 1. The molecule has 0 fully saturated rings. The second kappa shape index (κ2) is 4.61. The maximum Gasteiger partial charge on any atom is 0.122 e. The van der Waals surface area contributed by atoms with Crippen LogP contribution in [0.15, 0.2) is 15.9 Å². The summed E-state index contributed by atoms with van der Waals surface area (Å²) < 4.78 is 1.10. The Hall–Kier alpha value is -0.160. The number of hydrogen-bond acceptors (Lipinski definition) is 3. The molecule has 1 N–H and O–H groups in total. The lowest BCUT2D eigenvalue weighted by Gasteiger charge is -2.04. The Morgan fingerprint density at radius 1 is 1.06 bits per heavy atom. The Morgan fingerprint density at radius 3 is 2.06 bits per heavy atom. The van der Waals surface area contributed by atoms with Gasteiger partial charge < -0.3 is 5.11 Å². The quantitative estimate of drug-likeness (QED) is 0.859. The van der Waals surface area contributed by atoms with Crippen molar-refractivity contribution in [3.63, 3.8) is 0 Å². The molecule has 0 aliphatic rings. The third kappa shape index (κ3) is 2.25. The maximum absolute atomic E-state index is 10.3. The molecular weight excluding hydrogens is 304 g/mol. The monoisotopic (exact) mass is 316 g/mol. The minimum absolute atomic E-state index is 0.479. The molecule has 0 radical (unpaired) electrons. The molecule has 0 spiro atoms. The van der Waals surface area contributed by atoms with E-state index in [0.29, 0.717) is 0 Å². The third-order valence-corrected chi connectivity index (χ3v) is 5.99. The van der Waals surface area contributed by atoms with Crippen LogP contribution in [-0.4, -0.2) is 5.11 Å². The van der Waals surface area contributed by atoms with Crippen LogP contribution in [0.25, 0.3) is 0 Å². The molecule has 86 valence electrons. The summed E-state index contributed by atoms with van der Waals surface area (Å²) in [6, 6.07) is 4.12. The lowest BCUT2D eigenvalue weighted by Crippen LogP contribution is -1.92. The number of aliphatic hydroxyl groups is 1. The van der Waals surface area contributed by atoms with Crippen LogP contribution in [0.1, 0.15) is 31.9 Å². The summed E-state index contributed by atoms with van der Waals surface area (Å²) in [5.41, 5.74) is 2.44. The molecule has 1 nitrogen and oxygen atoms in total. The van der Waals surface area contributed by atoms with Gasteiger partial charge >= 0.3 is 0 Å². The van der Waals surface area contributed by atoms with E-state index in [1.165, 1.54) is 16.0 Å². The van der Waals surface area contributed by atoms with Crippen LogP contribution in [0.5, 0.6) is 0 Å². The fraction of sp³-hybridized carbons (Fsp3) is 0.333. The Bertz CT molecular complexity index is 428. The fourth-order valence-corrected chi connectivity index (χ4v) is 4.19. The van der Waals surface area contributed by atoms with Gasteiger partial charge in [-0.2, -0.15) is 0 Å². The van der Waals surface area contributed by atoms with Crippen molar-refractivity contribution in [2.45, 2.75) is 26.9 Å². The summed E-state index contributed by atoms with van der Waals surface area (Å²) in [7, 11) is 0. The molecule has 2 aromatic heterocycles. The first-order chi connectivity index (χ1) is 7.49. The van der Waals surface area contributed by atoms with Crippen LogP contribution in [0.2, 0.25) is 0 Å². The van der Waals surface area contributed by atoms with Gasteiger partial charge in [0.25, 0.3) is 0 Å². The van der Waals surface area contributed by atoms with Gasteiger partial charge in [-0.05, 0) is 60.0 Å². The van der Waals surface area contributed by atoms with Gasteiger partial charge in [0.05, 0.1) is 3.79 Å². The first-order valence-corrected chi connectivity index (χ1v) is 7.42. The van der Waals surface area contributed by atoms with E-state index in [9.17, 15) is 5.11 Å². The normalized spacial score (nSPS) is 13.1. The van der Waals surface area contributed by atoms with Crippen molar-refractivity contribution < 1.29 is 5.11 Å². The summed E-state index contributed by atoms with van der Waals surface area (Å²) in [5.74, 6) is 0. The largest absolute Gasteiger partial charge is 0.382 e. The second-order valence-corrected chi connectivity index (χ2v) is 7.59. The average molecular weight is 317 g/mol. The van der Waals surface area contributed by atoms with Gasteiger partial charge in [0.15, 0.2) is 0 Å². The molecule has 0 aliphatic carbocycles. The second-order valence-electron chi connectivity index (χ2n) is 3.90. The van der Waals surface area contributed by atoms with E-state index in [-0.39, 0.29) is 0 Å². The first kappa shape index (κ1) is 12.3. The molecule has 4 heteroatoms. The van der Waals surface area contributed by atoms with E-state index in [1.54, 1.807) is 22.7 Å². The number of halogens is 1. The van der Waals surface area contributed by atoms with Crippen molar-refractivity contribution in [3.05, 3.63) is 41.7 Å². The van der Waals surface area contributed by atoms with E-state index < -0.39 is 6.10 Å². The molecule has 2 heterocycles. The van der Waals surface area contributed by atoms with Crippen molar-refractivity contribution in [1.82, 2.24) is 0 Å². The highest BCUT2D eigenvalue weighted by Gasteiger charge is 2.17. The number of aryl methyl sites for hydroxylation is 3. The minimum Gasteiger partial charge on any atom is -0.382 e. The fourth-order valence-electron chi connectivity index (χ4n) is 1.50. The van der Waals surface area contributed by atoms with Crippen LogP contribution in [0.3, 0.4) is 0 Å².